The first-order chi connectivity index (χ1) is 12.5. The predicted molar refractivity (Wildman–Crippen MR) is 106 cm³/mol. The van der Waals surface area contributed by atoms with Gasteiger partial charge < -0.3 is 5.32 Å². The van der Waals surface area contributed by atoms with Gasteiger partial charge >= 0.3 is 0 Å². The number of hydrogen-bond donors (Lipinski definition) is 1. The minimum Gasteiger partial charge on any atom is -0.345 e. The van der Waals surface area contributed by atoms with E-state index in [9.17, 15) is 4.79 Å². The standard InChI is InChI=1S/C20H20ClN3OS/c1-10-16-12(3)22-18(13-8-9-13)24-20(16)26-17(10)19(25)23-11(2)14-6-4-5-7-15(14)21/h4-7,11,13H,8-9H2,1-3H3,(H,23,25). The molecule has 1 amide bonds. The second kappa shape index (κ2) is 6.63. The third kappa shape index (κ3) is 3.10. The summed E-state index contributed by atoms with van der Waals surface area (Å²) in [7, 11) is 0. The van der Waals surface area contributed by atoms with E-state index in [1.54, 1.807) is 0 Å². The number of fused-ring (bicyclic) bond motifs is 1. The molecule has 1 saturated carbocycles. The van der Waals surface area contributed by atoms with Crippen LogP contribution in [0.15, 0.2) is 24.3 Å². The van der Waals surface area contributed by atoms with Gasteiger partial charge in [-0.3, -0.25) is 4.79 Å². The van der Waals surface area contributed by atoms with E-state index in [-0.39, 0.29) is 11.9 Å². The molecule has 134 valence electrons. The maximum atomic E-state index is 12.9. The lowest BCUT2D eigenvalue weighted by atomic mass is 10.1. The Morgan fingerprint density at radius 3 is 2.69 bits per heavy atom. The van der Waals surface area contributed by atoms with Crippen molar-refractivity contribution >= 4 is 39.1 Å². The molecule has 6 heteroatoms. The Kier molecular flexibility index (Phi) is 4.45. The quantitative estimate of drug-likeness (QED) is 0.660. The Balaban J connectivity index is 1.65. The van der Waals surface area contributed by atoms with Crippen LogP contribution in [0, 0.1) is 13.8 Å². The minimum absolute atomic E-state index is 0.0923. The van der Waals surface area contributed by atoms with Crippen LogP contribution in [0.3, 0.4) is 0 Å². The van der Waals surface area contributed by atoms with Gasteiger partial charge in [-0.2, -0.15) is 0 Å². The molecule has 0 radical (unpaired) electrons. The molecule has 0 saturated heterocycles. The van der Waals surface area contributed by atoms with E-state index in [1.165, 1.54) is 11.3 Å². The minimum atomic E-state index is -0.171. The summed E-state index contributed by atoms with van der Waals surface area (Å²) in [5, 5.41) is 4.73. The number of amides is 1. The average molecular weight is 386 g/mol. The first-order valence-electron chi connectivity index (χ1n) is 8.78. The summed E-state index contributed by atoms with van der Waals surface area (Å²) < 4.78 is 0. The van der Waals surface area contributed by atoms with Crippen LogP contribution in [0.4, 0.5) is 0 Å². The summed E-state index contributed by atoms with van der Waals surface area (Å²) in [5.74, 6) is 1.33. The van der Waals surface area contributed by atoms with Crippen molar-refractivity contribution in [2.75, 3.05) is 0 Å². The molecule has 0 spiro atoms. The SMILES string of the molecule is Cc1nc(C2CC2)nc2sc(C(=O)NC(C)c3ccccc3Cl)c(C)c12. The van der Waals surface area contributed by atoms with Crippen LogP contribution < -0.4 is 5.32 Å². The number of hydrogen-bond acceptors (Lipinski definition) is 4. The van der Waals surface area contributed by atoms with Crippen LogP contribution in [0.25, 0.3) is 10.2 Å². The molecule has 2 aromatic heterocycles. The first-order valence-corrected chi connectivity index (χ1v) is 9.98. The molecule has 4 rings (SSSR count). The molecular formula is C20H20ClN3OS. The summed E-state index contributed by atoms with van der Waals surface area (Å²) in [4.78, 5) is 23.9. The fraction of sp³-hybridized carbons (Fsp3) is 0.350. The van der Waals surface area contributed by atoms with Gasteiger partial charge in [0.2, 0.25) is 0 Å². The second-order valence-corrected chi connectivity index (χ2v) is 8.30. The van der Waals surface area contributed by atoms with Crippen molar-refractivity contribution in [1.29, 1.82) is 0 Å². The highest BCUT2D eigenvalue weighted by Crippen LogP contribution is 2.40. The Morgan fingerprint density at radius 2 is 2.00 bits per heavy atom. The highest BCUT2D eigenvalue weighted by atomic mass is 35.5. The fourth-order valence-electron chi connectivity index (χ4n) is 3.27. The van der Waals surface area contributed by atoms with Gasteiger partial charge in [-0.1, -0.05) is 29.8 Å². The van der Waals surface area contributed by atoms with Crippen molar-refractivity contribution in [3.05, 3.63) is 56.8 Å². The van der Waals surface area contributed by atoms with Crippen LogP contribution in [-0.2, 0) is 0 Å². The van der Waals surface area contributed by atoms with Crippen LogP contribution >= 0.6 is 22.9 Å². The number of halogens is 1. The Morgan fingerprint density at radius 1 is 1.27 bits per heavy atom. The lowest BCUT2D eigenvalue weighted by Crippen LogP contribution is -2.26. The van der Waals surface area contributed by atoms with Crippen molar-refractivity contribution in [2.45, 2.75) is 45.6 Å². The zero-order chi connectivity index (χ0) is 18.4. The summed E-state index contributed by atoms with van der Waals surface area (Å²) in [6, 6.07) is 7.41. The van der Waals surface area contributed by atoms with E-state index >= 15 is 0 Å². The number of benzene rings is 1. The molecule has 1 N–H and O–H groups in total. The predicted octanol–water partition coefficient (Wildman–Crippen LogP) is 5.33. The van der Waals surface area contributed by atoms with E-state index < -0.39 is 0 Å². The van der Waals surface area contributed by atoms with Gasteiger partial charge in [0.15, 0.2) is 0 Å². The number of rotatable bonds is 4. The van der Waals surface area contributed by atoms with Crippen molar-refractivity contribution in [3.8, 4) is 0 Å². The zero-order valence-electron chi connectivity index (χ0n) is 15.0. The molecule has 1 atom stereocenters. The van der Waals surface area contributed by atoms with Crippen molar-refractivity contribution in [3.63, 3.8) is 0 Å². The van der Waals surface area contributed by atoms with E-state index in [0.717, 1.165) is 45.7 Å². The summed E-state index contributed by atoms with van der Waals surface area (Å²) >= 11 is 7.70. The number of carbonyl (C=O) groups excluding carboxylic acids is 1. The van der Waals surface area contributed by atoms with Gasteiger partial charge in [0, 0.05) is 16.3 Å². The van der Waals surface area contributed by atoms with Crippen LogP contribution in [-0.4, -0.2) is 15.9 Å². The number of nitrogens with one attached hydrogen (secondary N) is 1. The Labute approximate surface area is 161 Å². The molecule has 3 aromatic rings. The van der Waals surface area contributed by atoms with Crippen molar-refractivity contribution in [1.82, 2.24) is 15.3 Å². The van der Waals surface area contributed by atoms with E-state index in [2.05, 4.69) is 10.3 Å². The Hall–Kier alpha value is -1.98. The molecule has 1 aliphatic rings. The van der Waals surface area contributed by atoms with Crippen LogP contribution in [0.2, 0.25) is 5.02 Å². The third-order valence-electron chi connectivity index (χ3n) is 4.86. The van der Waals surface area contributed by atoms with E-state index in [1.807, 2.05) is 45.0 Å². The third-order valence-corrected chi connectivity index (χ3v) is 6.39. The summed E-state index contributed by atoms with van der Waals surface area (Å²) in [6.07, 6.45) is 2.33. The van der Waals surface area contributed by atoms with E-state index in [4.69, 9.17) is 16.6 Å². The highest BCUT2D eigenvalue weighted by molar-refractivity contribution is 7.20. The van der Waals surface area contributed by atoms with Crippen LogP contribution in [0.5, 0.6) is 0 Å². The first kappa shape index (κ1) is 17.4. The largest absolute Gasteiger partial charge is 0.345 e. The average Bonchev–Trinajstić information content (AvgIpc) is 3.39. The number of aryl methyl sites for hydroxylation is 2. The number of thiophene rings is 1. The monoisotopic (exact) mass is 385 g/mol. The summed E-state index contributed by atoms with van der Waals surface area (Å²) in [5.41, 5.74) is 2.82. The fourth-order valence-corrected chi connectivity index (χ4v) is 4.71. The maximum Gasteiger partial charge on any atom is 0.262 e. The molecule has 1 aliphatic carbocycles. The number of nitrogens with zero attached hydrogens (tertiary/aromatic N) is 2. The lowest BCUT2D eigenvalue weighted by Gasteiger charge is -2.15. The maximum absolute atomic E-state index is 12.9. The van der Waals surface area contributed by atoms with Crippen LogP contribution in [0.1, 0.15) is 64.0 Å². The normalized spacial score (nSPS) is 15.2. The molecule has 0 aliphatic heterocycles. The highest BCUT2D eigenvalue weighted by Gasteiger charge is 2.28. The number of aromatic nitrogens is 2. The van der Waals surface area contributed by atoms with Gasteiger partial charge in [0.1, 0.15) is 10.7 Å². The Bertz CT molecular complexity index is 1010. The molecule has 4 nitrogen and oxygen atoms in total. The topological polar surface area (TPSA) is 54.9 Å². The summed E-state index contributed by atoms with van der Waals surface area (Å²) in [6.45, 7) is 5.92. The molecule has 0 bridgehead atoms. The molecule has 1 unspecified atom stereocenters. The van der Waals surface area contributed by atoms with Gasteiger partial charge in [0.25, 0.3) is 5.91 Å². The number of carbonyl (C=O) groups is 1. The van der Waals surface area contributed by atoms with Gasteiger partial charge in [-0.05, 0) is 50.8 Å². The molecule has 2 heterocycles. The van der Waals surface area contributed by atoms with Crippen molar-refractivity contribution in [2.24, 2.45) is 0 Å². The molecule has 26 heavy (non-hydrogen) atoms. The molecular weight excluding hydrogens is 366 g/mol. The smallest absolute Gasteiger partial charge is 0.262 e. The van der Waals surface area contributed by atoms with Gasteiger partial charge in [0.05, 0.1) is 16.6 Å². The lowest BCUT2D eigenvalue weighted by molar-refractivity contribution is 0.0943. The van der Waals surface area contributed by atoms with E-state index in [0.29, 0.717) is 15.8 Å². The molecule has 1 aromatic carbocycles. The zero-order valence-corrected chi connectivity index (χ0v) is 16.5. The van der Waals surface area contributed by atoms with Gasteiger partial charge in [-0.25, -0.2) is 9.97 Å². The van der Waals surface area contributed by atoms with Crippen molar-refractivity contribution < 1.29 is 4.79 Å². The van der Waals surface area contributed by atoms with Gasteiger partial charge in [-0.15, -0.1) is 11.3 Å². The molecule has 1 fully saturated rings. The second-order valence-electron chi connectivity index (χ2n) is 6.89.